The average Bonchev–Trinajstić information content (AvgIpc) is 3.18. The van der Waals surface area contributed by atoms with E-state index in [1.54, 1.807) is 48.5 Å². The highest BCUT2D eigenvalue weighted by molar-refractivity contribution is 6.01. The van der Waals surface area contributed by atoms with Crippen LogP contribution in [0.25, 0.3) is 5.69 Å². The Labute approximate surface area is 166 Å². The second-order valence-corrected chi connectivity index (χ2v) is 5.78. The first-order valence-electron chi connectivity index (χ1n) is 8.33. The van der Waals surface area contributed by atoms with E-state index in [2.05, 4.69) is 27.0 Å². The normalized spacial score (nSPS) is 11.5. The predicted molar refractivity (Wildman–Crippen MR) is 107 cm³/mol. The lowest BCUT2D eigenvalue weighted by molar-refractivity contribution is 0.0979. The summed E-state index contributed by atoms with van der Waals surface area (Å²) in [5.41, 5.74) is 7.75. The highest BCUT2D eigenvalue weighted by atomic mass is 16.1. The van der Waals surface area contributed by atoms with Gasteiger partial charge in [-0.2, -0.15) is 25.9 Å². The van der Waals surface area contributed by atoms with E-state index in [-0.39, 0.29) is 11.4 Å². The maximum absolute atomic E-state index is 12.4. The largest absolute Gasteiger partial charge is 0.397 e. The highest BCUT2D eigenvalue weighted by Gasteiger charge is 2.19. The number of benzene rings is 2. The summed E-state index contributed by atoms with van der Waals surface area (Å²) in [6.45, 7) is 3.45. The number of hydrogen-bond donors (Lipinski definition) is 1. The monoisotopic (exact) mass is 382 g/mol. The Morgan fingerprint density at radius 2 is 1.97 bits per heavy atom. The molecule has 3 aromatic rings. The molecule has 0 spiro atoms. The van der Waals surface area contributed by atoms with Gasteiger partial charge < -0.3 is 5.73 Å². The standard InChI is InChI=1S/C20H14N8O/c1-24-20-14(10-21)12-25-28(20)18-9-15(7-8-16(18)23)26-27-17(11-22)19(29)13-5-3-2-4-6-13/h2-9,12,17H,1,23H2. The third-order valence-corrected chi connectivity index (χ3v) is 3.97. The highest BCUT2D eigenvalue weighted by Crippen LogP contribution is 2.29. The summed E-state index contributed by atoms with van der Waals surface area (Å²) in [6.07, 6.45) is 1.35. The van der Waals surface area contributed by atoms with Gasteiger partial charge >= 0.3 is 0 Å². The number of aliphatic imine (C=N–C) groups is 1. The molecule has 0 saturated carbocycles. The minimum Gasteiger partial charge on any atom is -0.397 e. The Morgan fingerprint density at radius 3 is 2.62 bits per heavy atom. The molecular weight excluding hydrogens is 368 g/mol. The fourth-order valence-corrected chi connectivity index (χ4v) is 2.55. The van der Waals surface area contributed by atoms with Crippen molar-refractivity contribution in [3.8, 4) is 17.8 Å². The van der Waals surface area contributed by atoms with Crippen LogP contribution < -0.4 is 5.73 Å². The molecule has 140 valence electrons. The Kier molecular flexibility index (Phi) is 5.53. The maximum atomic E-state index is 12.4. The molecule has 2 aromatic carbocycles. The smallest absolute Gasteiger partial charge is 0.219 e. The predicted octanol–water partition coefficient (Wildman–Crippen LogP) is 3.52. The van der Waals surface area contributed by atoms with Crippen LogP contribution in [0.4, 0.5) is 17.2 Å². The topological polar surface area (TPSA) is 146 Å². The van der Waals surface area contributed by atoms with Crippen LogP contribution in [0.1, 0.15) is 15.9 Å². The van der Waals surface area contributed by atoms with Gasteiger partial charge in [0.25, 0.3) is 0 Å². The zero-order valence-corrected chi connectivity index (χ0v) is 15.1. The minimum absolute atomic E-state index is 0.238. The molecule has 0 bridgehead atoms. The van der Waals surface area contributed by atoms with Gasteiger partial charge in [-0.05, 0) is 24.9 Å². The van der Waals surface area contributed by atoms with E-state index >= 15 is 0 Å². The molecule has 1 heterocycles. The SMILES string of the molecule is C=Nc1c(C#N)cnn1-c1cc(N=NC(C#N)C(=O)c2ccccc2)ccc1N. The van der Waals surface area contributed by atoms with Gasteiger partial charge in [0.1, 0.15) is 11.6 Å². The van der Waals surface area contributed by atoms with E-state index in [1.807, 2.05) is 12.1 Å². The molecule has 29 heavy (non-hydrogen) atoms. The van der Waals surface area contributed by atoms with E-state index in [4.69, 9.17) is 11.0 Å². The van der Waals surface area contributed by atoms with Crippen molar-refractivity contribution in [1.82, 2.24) is 9.78 Å². The molecule has 0 saturated heterocycles. The van der Waals surface area contributed by atoms with Crippen LogP contribution in [0.2, 0.25) is 0 Å². The molecule has 9 nitrogen and oxygen atoms in total. The lowest BCUT2D eigenvalue weighted by Gasteiger charge is -2.08. The minimum atomic E-state index is -1.28. The van der Waals surface area contributed by atoms with E-state index in [0.29, 0.717) is 22.6 Å². The van der Waals surface area contributed by atoms with E-state index in [9.17, 15) is 10.1 Å². The number of nitriles is 2. The van der Waals surface area contributed by atoms with Crippen molar-refractivity contribution in [2.45, 2.75) is 6.04 Å². The van der Waals surface area contributed by atoms with Gasteiger partial charge in [0.15, 0.2) is 5.82 Å². The van der Waals surface area contributed by atoms with Crippen molar-refractivity contribution >= 4 is 29.7 Å². The second kappa shape index (κ2) is 8.37. The fraction of sp³-hybridized carbons (Fsp3) is 0.0500. The first-order chi connectivity index (χ1) is 14.1. The molecule has 1 unspecified atom stereocenters. The molecule has 0 aliphatic rings. The first-order valence-corrected chi connectivity index (χ1v) is 8.33. The second-order valence-electron chi connectivity index (χ2n) is 5.78. The van der Waals surface area contributed by atoms with Crippen molar-refractivity contribution in [1.29, 1.82) is 10.5 Å². The van der Waals surface area contributed by atoms with Gasteiger partial charge in [0, 0.05) is 5.56 Å². The summed E-state index contributed by atoms with van der Waals surface area (Å²) in [5, 5.41) is 30.4. The summed E-state index contributed by atoms with van der Waals surface area (Å²) < 4.78 is 1.36. The van der Waals surface area contributed by atoms with Gasteiger partial charge in [0.05, 0.1) is 29.3 Å². The van der Waals surface area contributed by atoms with Crippen LogP contribution in [0.15, 0.2) is 69.9 Å². The van der Waals surface area contributed by atoms with Gasteiger partial charge in [-0.25, -0.2) is 9.67 Å². The maximum Gasteiger partial charge on any atom is 0.219 e. The molecule has 3 rings (SSSR count). The lowest BCUT2D eigenvalue weighted by Crippen LogP contribution is -2.16. The number of ketones is 1. The molecule has 1 aromatic heterocycles. The number of carbonyl (C=O) groups is 1. The molecule has 0 aliphatic heterocycles. The van der Waals surface area contributed by atoms with E-state index in [0.717, 1.165) is 0 Å². The number of hydrogen-bond acceptors (Lipinski definition) is 8. The van der Waals surface area contributed by atoms with Gasteiger partial charge in [0.2, 0.25) is 11.8 Å². The van der Waals surface area contributed by atoms with Crippen LogP contribution >= 0.6 is 0 Å². The molecular formula is C20H14N8O. The van der Waals surface area contributed by atoms with Crippen LogP contribution in [0.5, 0.6) is 0 Å². The number of carbonyl (C=O) groups excluding carboxylic acids is 1. The fourth-order valence-electron chi connectivity index (χ4n) is 2.55. The third kappa shape index (κ3) is 3.89. The Bertz CT molecular complexity index is 1180. The number of rotatable bonds is 6. The molecule has 0 aliphatic carbocycles. The molecule has 1 atom stereocenters. The molecule has 0 amide bonds. The zero-order valence-electron chi connectivity index (χ0n) is 15.1. The van der Waals surface area contributed by atoms with Crippen LogP contribution in [-0.4, -0.2) is 28.3 Å². The average molecular weight is 382 g/mol. The summed E-state index contributed by atoms with van der Waals surface area (Å²) in [7, 11) is 0. The summed E-state index contributed by atoms with van der Waals surface area (Å²) >= 11 is 0. The molecule has 9 heteroatoms. The molecule has 2 N–H and O–H groups in total. The first kappa shape index (κ1) is 19.1. The van der Waals surface area contributed by atoms with Crippen molar-refractivity contribution in [3.63, 3.8) is 0 Å². The lowest BCUT2D eigenvalue weighted by atomic mass is 10.1. The Balaban J connectivity index is 1.93. The number of nitrogens with zero attached hydrogens (tertiary/aromatic N) is 7. The zero-order chi connectivity index (χ0) is 20.8. The number of aromatic nitrogens is 2. The van der Waals surface area contributed by atoms with E-state index in [1.165, 1.54) is 10.9 Å². The van der Waals surface area contributed by atoms with E-state index < -0.39 is 11.8 Å². The summed E-state index contributed by atoms with van der Waals surface area (Å²) in [6, 6.07) is 15.7. The number of Topliss-reactive ketones (excluding diaryl/α,β-unsaturated/α-hetero) is 1. The van der Waals surface area contributed by atoms with Crippen LogP contribution in [-0.2, 0) is 0 Å². The van der Waals surface area contributed by atoms with Gasteiger partial charge in [-0.3, -0.25) is 4.79 Å². The molecule has 0 radical (unpaired) electrons. The Morgan fingerprint density at radius 1 is 1.21 bits per heavy atom. The Hall–Kier alpha value is -4.63. The van der Waals surface area contributed by atoms with Gasteiger partial charge in [-0.15, -0.1) is 0 Å². The number of nitrogens with two attached hydrogens (primary N) is 1. The van der Waals surface area contributed by atoms with Crippen LogP contribution in [0, 0.1) is 22.7 Å². The summed E-state index contributed by atoms with van der Waals surface area (Å²) in [4.78, 5) is 16.2. The number of azo groups is 1. The van der Waals surface area contributed by atoms with Crippen molar-refractivity contribution < 1.29 is 4.79 Å². The van der Waals surface area contributed by atoms with Crippen molar-refractivity contribution in [2.24, 2.45) is 15.2 Å². The number of anilines is 1. The third-order valence-electron chi connectivity index (χ3n) is 3.97. The quantitative estimate of drug-likeness (QED) is 0.300. The molecule has 0 fully saturated rings. The van der Waals surface area contributed by atoms with Crippen LogP contribution in [0.3, 0.4) is 0 Å². The number of nitrogen functional groups attached to an aromatic ring is 1. The van der Waals surface area contributed by atoms with Gasteiger partial charge in [-0.1, -0.05) is 30.3 Å². The van der Waals surface area contributed by atoms with Crippen molar-refractivity contribution in [3.05, 3.63) is 65.9 Å². The van der Waals surface area contributed by atoms with Crippen molar-refractivity contribution in [2.75, 3.05) is 5.73 Å². The summed E-state index contributed by atoms with van der Waals surface area (Å²) in [5.74, 6) is -0.209.